The zero-order valence-corrected chi connectivity index (χ0v) is 13.0. The van der Waals surface area contributed by atoms with Crippen molar-refractivity contribution in [3.63, 3.8) is 0 Å². The number of nitrogens with zero attached hydrogens (tertiary/aromatic N) is 5. The first-order valence-electron chi connectivity index (χ1n) is 8.12. The highest BCUT2D eigenvalue weighted by Crippen LogP contribution is 2.40. The minimum Gasteiger partial charge on any atom is -0.337 e. The van der Waals surface area contributed by atoms with Crippen molar-refractivity contribution in [1.82, 2.24) is 25.1 Å². The smallest absolute Gasteiger partial charge is 0.271 e. The van der Waals surface area contributed by atoms with Gasteiger partial charge in [0.25, 0.3) is 5.91 Å². The van der Waals surface area contributed by atoms with Gasteiger partial charge < -0.3 is 9.80 Å². The molecule has 120 valence electrons. The summed E-state index contributed by atoms with van der Waals surface area (Å²) in [5.41, 5.74) is 0.669. The van der Waals surface area contributed by atoms with Gasteiger partial charge in [-0.3, -0.25) is 9.89 Å². The number of amides is 1. The summed E-state index contributed by atoms with van der Waals surface area (Å²) in [5, 5.41) is 6.62. The number of hydrogen-bond acceptors (Lipinski definition) is 5. The number of likely N-dealkylation sites (tertiary alicyclic amines) is 1. The minimum atomic E-state index is 0.0397. The second-order valence-corrected chi connectivity index (χ2v) is 6.29. The van der Waals surface area contributed by atoms with E-state index in [2.05, 4.69) is 25.1 Å². The summed E-state index contributed by atoms with van der Waals surface area (Å²) in [5.74, 6) is 0.858. The van der Waals surface area contributed by atoms with Crippen molar-refractivity contribution in [2.45, 2.75) is 31.2 Å². The molecule has 0 bridgehead atoms. The third-order valence-electron chi connectivity index (χ3n) is 5.10. The van der Waals surface area contributed by atoms with Crippen LogP contribution in [-0.2, 0) is 0 Å². The quantitative estimate of drug-likeness (QED) is 0.908. The van der Waals surface area contributed by atoms with Crippen molar-refractivity contribution >= 4 is 11.9 Å². The van der Waals surface area contributed by atoms with E-state index in [0.717, 1.165) is 51.3 Å². The molecule has 0 radical (unpaired) electrons. The molecule has 4 rings (SSSR count). The third kappa shape index (κ3) is 2.46. The fraction of sp³-hybridized carbons (Fsp3) is 0.500. The highest BCUT2D eigenvalue weighted by molar-refractivity contribution is 5.92. The molecule has 1 N–H and O–H groups in total. The Morgan fingerprint density at radius 3 is 2.57 bits per heavy atom. The summed E-state index contributed by atoms with van der Waals surface area (Å²) >= 11 is 0. The first-order valence-corrected chi connectivity index (χ1v) is 8.12. The number of hydrogen-bond donors (Lipinski definition) is 1. The lowest BCUT2D eigenvalue weighted by Crippen LogP contribution is -2.54. The Bertz CT molecular complexity index is 663. The lowest BCUT2D eigenvalue weighted by atomic mass is 9.85. The molecule has 0 unspecified atom stereocenters. The standard InChI is InChI=1S/C16H20N6O/c23-14(13-3-9-19-20-13)21-11-5-16(6-12-21)4-1-10-22(16)15-17-7-2-8-18-15/h2-3,7-9H,1,4-6,10-12H2,(H,19,20). The normalized spacial score (nSPS) is 20.2. The molecule has 0 aliphatic carbocycles. The van der Waals surface area contributed by atoms with E-state index in [1.807, 2.05) is 11.0 Å². The molecule has 2 aliphatic heterocycles. The van der Waals surface area contributed by atoms with Gasteiger partial charge in [0.2, 0.25) is 5.95 Å². The van der Waals surface area contributed by atoms with Crippen molar-refractivity contribution in [2.24, 2.45) is 0 Å². The first kappa shape index (κ1) is 14.2. The van der Waals surface area contributed by atoms with Crippen LogP contribution in [-0.4, -0.2) is 56.1 Å². The first-order chi connectivity index (χ1) is 11.3. The monoisotopic (exact) mass is 312 g/mol. The van der Waals surface area contributed by atoms with E-state index in [1.165, 1.54) is 0 Å². The van der Waals surface area contributed by atoms with Crippen LogP contribution in [0.5, 0.6) is 0 Å². The largest absolute Gasteiger partial charge is 0.337 e. The van der Waals surface area contributed by atoms with Crippen LogP contribution in [0.4, 0.5) is 5.95 Å². The summed E-state index contributed by atoms with van der Waals surface area (Å²) in [4.78, 5) is 25.6. The molecule has 2 aliphatic rings. The zero-order chi connectivity index (χ0) is 15.7. The summed E-state index contributed by atoms with van der Waals surface area (Å²) in [6.45, 7) is 2.53. The van der Waals surface area contributed by atoms with E-state index in [9.17, 15) is 4.79 Å². The lowest BCUT2D eigenvalue weighted by Gasteiger charge is -2.44. The number of anilines is 1. The van der Waals surface area contributed by atoms with Crippen LogP contribution in [0.2, 0.25) is 0 Å². The zero-order valence-electron chi connectivity index (χ0n) is 13.0. The van der Waals surface area contributed by atoms with Gasteiger partial charge in [0.15, 0.2) is 0 Å². The molecule has 2 aromatic heterocycles. The molecule has 1 spiro atoms. The molecule has 2 fully saturated rings. The molecule has 2 aromatic rings. The van der Waals surface area contributed by atoms with E-state index in [-0.39, 0.29) is 11.4 Å². The van der Waals surface area contributed by atoms with E-state index in [1.54, 1.807) is 24.7 Å². The van der Waals surface area contributed by atoms with Crippen LogP contribution in [0.1, 0.15) is 36.2 Å². The van der Waals surface area contributed by atoms with E-state index in [4.69, 9.17) is 0 Å². The fourth-order valence-corrected chi connectivity index (χ4v) is 3.87. The number of aromatic amines is 1. The average Bonchev–Trinajstić information content (AvgIpc) is 3.26. The number of aromatic nitrogens is 4. The Balaban J connectivity index is 1.49. The van der Waals surface area contributed by atoms with Gasteiger partial charge in [-0.1, -0.05) is 0 Å². The van der Waals surface area contributed by atoms with Gasteiger partial charge in [-0.15, -0.1) is 0 Å². The Morgan fingerprint density at radius 1 is 1.09 bits per heavy atom. The second-order valence-electron chi connectivity index (χ2n) is 6.29. The second kappa shape index (κ2) is 5.64. The molecule has 7 nitrogen and oxygen atoms in total. The third-order valence-corrected chi connectivity index (χ3v) is 5.10. The number of carbonyl (C=O) groups is 1. The highest BCUT2D eigenvalue weighted by atomic mass is 16.2. The van der Waals surface area contributed by atoms with E-state index < -0.39 is 0 Å². The van der Waals surface area contributed by atoms with Gasteiger partial charge in [-0.2, -0.15) is 5.10 Å². The van der Waals surface area contributed by atoms with E-state index in [0.29, 0.717) is 5.69 Å². The summed E-state index contributed by atoms with van der Waals surface area (Å²) in [6.07, 6.45) is 9.45. The highest BCUT2D eigenvalue weighted by Gasteiger charge is 2.45. The van der Waals surface area contributed by atoms with E-state index >= 15 is 0 Å². The molecule has 2 saturated heterocycles. The van der Waals surface area contributed by atoms with Crippen molar-refractivity contribution in [3.8, 4) is 0 Å². The minimum absolute atomic E-state index is 0.0397. The summed E-state index contributed by atoms with van der Waals surface area (Å²) in [6, 6.07) is 3.57. The molecular formula is C16H20N6O. The molecular weight excluding hydrogens is 292 g/mol. The van der Waals surface area contributed by atoms with Crippen LogP contribution >= 0.6 is 0 Å². The maximum atomic E-state index is 12.4. The average molecular weight is 312 g/mol. The van der Waals surface area contributed by atoms with Crippen LogP contribution in [0.15, 0.2) is 30.7 Å². The van der Waals surface area contributed by atoms with Crippen molar-refractivity contribution in [1.29, 1.82) is 0 Å². The molecule has 1 amide bonds. The molecule has 0 aromatic carbocycles. The topological polar surface area (TPSA) is 78.0 Å². The van der Waals surface area contributed by atoms with Crippen LogP contribution in [0.3, 0.4) is 0 Å². The van der Waals surface area contributed by atoms with Crippen molar-refractivity contribution < 1.29 is 4.79 Å². The predicted octanol–water partition coefficient (Wildman–Crippen LogP) is 1.47. The fourth-order valence-electron chi connectivity index (χ4n) is 3.87. The van der Waals surface area contributed by atoms with Crippen molar-refractivity contribution in [3.05, 3.63) is 36.4 Å². The number of carbonyl (C=O) groups excluding carboxylic acids is 1. The van der Waals surface area contributed by atoms with Gasteiger partial charge >= 0.3 is 0 Å². The van der Waals surface area contributed by atoms with Crippen LogP contribution < -0.4 is 4.90 Å². The summed E-state index contributed by atoms with van der Waals surface area (Å²) < 4.78 is 0. The molecule has 0 saturated carbocycles. The van der Waals surface area contributed by atoms with Crippen LogP contribution in [0, 0.1) is 0 Å². The number of rotatable bonds is 2. The Hall–Kier alpha value is -2.44. The molecule has 4 heterocycles. The van der Waals surface area contributed by atoms with Crippen molar-refractivity contribution in [2.75, 3.05) is 24.5 Å². The van der Waals surface area contributed by atoms with Gasteiger partial charge in [-0.05, 0) is 37.8 Å². The molecule has 0 atom stereocenters. The Morgan fingerprint density at radius 2 is 1.87 bits per heavy atom. The molecule has 7 heteroatoms. The maximum absolute atomic E-state index is 12.4. The van der Waals surface area contributed by atoms with Gasteiger partial charge in [-0.25, -0.2) is 9.97 Å². The van der Waals surface area contributed by atoms with Gasteiger partial charge in [0.05, 0.1) is 0 Å². The predicted molar refractivity (Wildman–Crippen MR) is 85.1 cm³/mol. The summed E-state index contributed by atoms with van der Waals surface area (Å²) in [7, 11) is 0. The number of piperidine rings is 1. The number of H-pyrrole nitrogens is 1. The van der Waals surface area contributed by atoms with Crippen LogP contribution in [0.25, 0.3) is 0 Å². The van der Waals surface area contributed by atoms with Gasteiger partial charge in [0.1, 0.15) is 5.69 Å². The Labute approximate surface area is 134 Å². The van der Waals surface area contributed by atoms with Gasteiger partial charge in [0, 0.05) is 43.8 Å². The maximum Gasteiger partial charge on any atom is 0.271 e. The number of nitrogens with one attached hydrogen (secondary N) is 1. The lowest BCUT2D eigenvalue weighted by molar-refractivity contribution is 0.0666. The molecule has 23 heavy (non-hydrogen) atoms. The SMILES string of the molecule is O=C(c1ccn[nH]1)N1CCC2(CCCN2c2ncccn2)CC1. The Kier molecular flexibility index (Phi) is 3.48.